The third-order valence-corrected chi connectivity index (χ3v) is 4.99. The molecule has 7 heteroatoms. The van der Waals surface area contributed by atoms with E-state index in [1.54, 1.807) is 23.5 Å². The molecule has 1 aromatic carbocycles. The molecule has 1 aromatic heterocycles. The Hall–Kier alpha value is -1.83. The summed E-state index contributed by atoms with van der Waals surface area (Å²) in [5, 5.41) is 14.1. The Morgan fingerprint density at radius 2 is 2.33 bits per heavy atom. The zero-order chi connectivity index (χ0) is 16.9. The highest BCUT2D eigenvalue weighted by Crippen LogP contribution is 2.20. The van der Waals surface area contributed by atoms with Gasteiger partial charge in [-0.25, -0.2) is 4.98 Å². The molecule has 0 radical (unpaired) electrons. The second kappa shape index (κ2) is 7.83. The predicted octanol–water partition coefficient (Wildman–Crippen LogP) is 3.54. The molecule has 1 aliphatic heterocycles. The van der Waals surface area contributed by atoms with Gasteiger partial charge in [-0.3, -0.25) is 15.0 Å². The van der Waals surface area contributed by atoms with Crippen LogP contribution in [0.3, 0.4) is 0 Å². The molecule has 1 aliphatic rings. The van der Waals surface area contributed by atoms with Gasteiger partial charge in [0.25, 0.3) is 5.69 Å². The van der Waals surface area contributed by atoms with Crippen molar-refractivity contribution in [2.45, 2.75) is 39.0 Å². The lowest BCUT2D eigenvalue weighted by Crippen LogP contribution is -2.31. The van der Waals surface area contributed by atoms with Crippen LogP contribution in [0.2, 0.25) is 0 Å². The summed E-state index contributed by atoms with van der Waals surface area (Å²) in [4.78, 5) is 17.4. The molecule has 0 spiro atoms. The zero-order valence-corrected chi connectivity index (χ0v) is 14.5. The average Bonchev–Trinajstić information content (AvgIpc) is 3.19. The summed E-state index contributed by atoms with van der Waals surface area (Å²) in [6.07, 6.45) is 2.42. The summed E-state index contributed by atoms with van der Waals surface area (Å²) in [6.45, 7) is 5.03. The van der Waals surface area contributed by atoms with E-state index in [0.717, 1.165) is 48.8 Å². The fourth-order valence-electron chi connectivity index (χ4n) is 2.95. The summed E-state index contributed by atoms with van der Waals surface area (Å²) < 4.78 is 5.76. The first-order valence-corrected chi connectivity index (χ1v) is 8.96. The molecule has 0 bridgehead atoms. The van der Waals surface area contributed by atoms with Crippen molar-refractivity contribution in [3.63, 3.8) is 0 Å². The quantitative estimate of drug-likeness (QED) is 0.566. The van der Waals surface area contributed by atoms with E-state index in [1.807, 2.05) is 18.4 Å². The second-order valence-electron chi connectivity index (χ2n) is 6.11. The Labute approximate surface area is 145 Å². The van der Waals surface area contributed by atoms with Crippen molar-refractivity contribution in [2.24, 2.45) is 0 Å². The molecule has 1 fully saturated rings. The Morgan fingerprint density at radius 3 is 3.00 bits per heavy atom. The van der Waals surface area contributed by atoms with Crippen molar-refractivity contribution in [3.05, 3.63) is 56.0 Å². The highest BCUT2D eigenvalue weighted by Gasteiger charge is 2.21. The van der Waals surface area contributed by atoms with Crippen molar-refractivity contribution >= 4 is 17.0 Å². The first-order valence-electron chi connectivity index (χ1n) is 8.08. The van der Waals surface area contributed by atoms with Crippen LogP contribution < -0.4 is 0 Å². The van der Waals surface area contributed by atoms with Gasteiger partial charge in [0.15, 0.2) is 0 Å². The van der Waals surface area contributed by atoms with Crippen LogP contribution in [-0.4, -0.2) is 34.1 Å². The molecular formula is C17H21N3O3S. The Morgan fingerprint density at radius 1 is 1.46 bits per heavy atom. The van der Waals surface area contributed by atoms with Gasteiger partial charge in [0.2, 0.25) is 0 Å². The van der Waals surface area contributed by atoms with Crippen LogP contribution in [0.25, 0.3) is 0 Å². The van der Waals surface area contributed by atoms with Crippen LogP contribution in [0.1, 0.15) is 29.1 Å². The summed E-state index contributed by atoms with van der Waals surface area (Å²) >= 11 is 1.65. The first kappa shape index (κ1) is 17.0. The van der Waals surface area contributed by atoms with Gasteiger partial charge in [-0.2, -0.15) is 0 Å². The maximum absolute atomic E-state index is 11.0. The third-order valence-electron chi connectivity index (χ3n) is 4.04. The SMILES string of the molecule is Cc1csc(CN(Cc2cccc([N+](=O)[O-])c2)C[C@H]2CCCO2)n1. The normalized spacial score (nSPS) is 17.5. The topological polar surface area (TPSA) is 68.5 Å². The number of nitro benzene ring substituents is 1. The number of rotatable bonds is 7. The monoisotopic (exact) mass is 347 g/mol. The summed E-state index contributed by atoms with van der Waals surface area (Å²) in [5.41, 5.74) is 2.10. The lowest BCUT2D eigenvalue weighted by atomic mass is 10.1. The van der Waals surface area contributed by atoms with E-state index in [0.29, 0.717) is 6.54 Å². The minimum atomic E-state index is -0.349. The van der Waals surface area contributed by atoms with Crippen LogP contribution in [0.5, 0.6) is 0 Å². The van der Waals surface area contributed by atoms with Crippen LogP contribution in [0.4, 0.5) is 5.69 Å². The Kier molecular flexibility index (Phi) is 5.55. The average molecular weight is 347 g/mol. The van der Waals surface area contributed by atoms with Crippen LogP contribution >= 0.6 is 11.3 Å². The number of aryl methyl sites for hydroxylation is 1. The summed E-state index contributed by atoms with van der Waals surface area (Å²) in [5.74, 6) is 0. The molecule has 1 saturated heterocycles. The fraction of sp³-hybridized carbons (Fsp3) is 0.471. The van der Waals surface area contributed by atoms with Gasteiger partial charge in [0.05, 0.1) is 17.6 Å². The molecule has 2 heterocycles. The predicted molar refractivity (Wildman–Crippen MR) is 93.0 cm³/mol. The Bertz CT molecular complexity index is 698. The second-order valence-corrected chi connectivity index (χ2v) is 7.06. The standard InChI is InChI=1S/C17H21N3O3S/c1-13-12-24-17(18-13)11-19(10-16-6-3-7-23-16)9-14-4-2-5-15(8-14)20(21)22/h2,4-5,8,12,16H,3,6-7,9-11H2,1H3/t16-/m1/s1. The Balaban J connectivity index is 1.72. The molecule has 3 rings (SSSR count). The number of non-ortho nitro benzene ring substituents is 1. The van der Waals surface area contributed by atoms with E-state index >= 15 is 0 Å². The number of ether oxygens (including phenoxy) is 1. The van der Waals surface area contributed by atoms with E-state index < -0.39 is 0 Å². The van der Waals surface area contributed by atoms with Gasteiger partial charge in [-0.05, 0) is 25.3 Å². The van der Waals surface area contributed by atoms with Gasteiger partial charge in [-0.1, -0.05) is 12.1 Å². The van der Waals surface area contributed by atoms with E-state index in [9.17, 15) is 10.1 Å². The molecule has 0 amide bonds. The fourth-order valence-corrected chi connectivity index (χ4v) is 3.77. The number of benzene rings is 1. The number of hydrogen-bond acceptors (Lipinski definition) is 6. The lowest BCUT2D eigenvalue weighted by molar-refractivity contribution is -0.384. The largest absolute Gasteiger partial charge is 0.377 e. The molecule has 128 valence electrons. The molecule has 24 heavy (non-hydrogen) atoms. The number of hydrogen-bond donors (Lipinski definition) is 0. The van der Waals surface area contributed by atoms with Crippen molar-refractivity contribution in [3.8, 4) is 0 Å². The molecule has 0 saturated carbocycles. The van der Waals surface area contributed by atoms with Crippen molar-refractivity contribution < 1.29 is 9.66 Å². The number of thiazole rings is 1. The van der Waals surface area contributed by atoms with Gasteiger partial charge in [0.1, 0.15) is 5.01 Å². The third kappa shape index (κ3) is 4.59. The lowest BCUT2D eigenvalue weighted by Gasteiger charge is -2.24. The highest BCUT2D eigenvalue weighted by atomic mass is 32.1. The number of nitro groups is 1. The first-order chi connectivity index (χ1) is 11.6. The molecule has 0 unspecified atom stereocenters. The zero-order valence-electron chi connectivity index (χ0n) is 13.7. The maximum atomic E-state index is 11.0. The van der Waals surface area contributed by atoms with Crippen LogP contribution in [0.15, 0.2) is 29.6 Å². The van der Waals surface area contributed by atoms with E-state index in [4.69, 9.17) is 4.74 Å². The molecule has 1 atom stereocenters. The van der Waals surface area contributed by atoms with E-state index in [2.05, 4.69) is 9.88 Å². The number of nitrogens with zero attached hydrogens (tertiary/aromatic N) is 3. The molecule has 0 aliphatic carbocycles. The smallest absolute Gasteiger partial charge is 0.269 e. The van der Waals surface area contributed by atoms with Crippen LogP contribution in [0, 0.1) is 17.0 Å². The molecule has 2 aromatic rings. The van der Waals surface area contributed by atoms with Gasteiger partial charge in [-0.15, -0.1) is 11.3 Å². The van der Waals surface area contributed by atoms with E-state index in [1.165, 1.54) is 6.07 Å². The maximum Gasteiger partial charge on any atom is 0.269 e. The summed E-state index contributed by atoms with van der Waals surface area (Å²) in [6, 6.07) is 6.85. The minimum absolute atomic E-state index is 0.134. The molecular weight excluding hydrogens is 326 g/mol. The van der Waals surface area contributed by atoms with Gasteiger partial charge < -0.3 is 4.74 Å². The van der Waals surface area contributed by atoms with Crippen molar-refractivity contribution in [1.29, 1.82) is 0 Å². The molecule has 6 nitrogen and oxygen atoms in total. The van der Waals surface area contributed by atoms with E-state index in [-0.39, 0.29) is 16.7 Å². The minimum Gasteiger partial charge on any atom is -0.377 e. The van der Waals surface area contributed by atoms with Crippen LogP contribution in [-0.2, 0) is 17.8 Å². The van der Waals surface area contributed by atoms with Crippen molar-refractivity contribution in [2.75, 3.05) is 13.2 Å². The van der Waals surface area contributed by atoms with Gasteiger partial charge >= 0.3 is 0 Å². The molecule has 0 N–H and O–H groups in total. The van der Waals surface area contributed by atoms with Crippen molar-refractivity contribution in [1.82, 2.24) is 9.88 Å². The number of aromatic nitrogens is 1. The summed E-state index contributed by atoms with van der Waals surface area (Å²) in [7, 11) is 0. The highest BCUT2D eigenvalue weighted by molar-refractivity contribution is 7.09. The van der Waals surface area contributed by atoms with Gasteiger partial charge in [0, 0.05) is 42.9 Å².